The van der Waals surface area contributed by atoms with Gasteiger partial charge in [-0.05, 0) is 61.8 Å². The van der Waals surface area contributed by atoms with E-state index < -0.39 is 108 Å². The van der Waals surface area contributed by atoms with Crippen LogP contribution in [0, 0.1) is 5.92 Å². The molecule has 2 heterocycles. The number of rotatable bonds is 27. The van der Waals surface area contributed by atoms with E-state index in [1.54, 1.807) is 56.6 Å². The summed E-state index contributed by atoms with van der Waals surface area (Å²) in [4.78, 5) is 128. The van der Waals surface area contributed by atoms with Crippen molar-refractivity contribution in [2.45, 2.75) is 108 Å². The van der Waals surface area contributed by atoms with Crippen LogP contribution < -0.4 is 49.1 Å². The van der Waals surface area contributed by atoms with E-state index in [1.807, 2.05) is 18.2 Å². The molecule has 2 aromatic heterocycles. The van der Waals surface area contributed by atoms with E-state index in [9.17, 15) is 58.5 Å². The van der Waals surface area contributed by atoms with Crippen molar-refractivity contribution in [3.05, 3.63) is 72.1 Å². The Labute approximate surface area is 395 Å². The summed E-state index contributed by atoms with van der Waals surface area (Å²) in [6.07, 6.45) is 1.24. The predicted molar refractivity (Wildman–Crippen MR) is 251 cm³/mol. The standard InChI is InChI=1S/C45H60N12O12/c1-22(2)15-32(41(65)53-31(44(68)69)13-8-14-49-45(47)48)54-38(62)23(3)52-40(64)34(18-36(58)59)57-42(66)33(17-25-21-51-30-12-7-5-10-27(25)30)56-43(67)35(19-37(60)61)55-39(63)28(46)16-24-20-50-29-11-6-4-9-26(24)29/h4-7,9-12,20-23,28,31-35,50-51H,8,13-19,46H2,1-3H3,(H,52,64)(H,53,65)(H,54,62)(H,55,63)(H,56,67)(H,57,66)(H,58,59)(H,60,61)(H,68,69)(H4,47,48,49)/t23-,28-,31-,32-,33-,34-,35-/m0/s1. The molecule has 0 unspecified atom stereocenters. The third-order valence-electron chi connectivity index (χ3n) is 10.9. The maximum absolute atomic E-state index is 14.2. The number of fused-ring (bicyclic) bond motifs is 2. The largest absolute Gasteiger partial charge is 0.481 e. The van der Waals surface area contributed by atoms with Gasteiger partial charge in [-0.2, -0.15) is 0 Å². The van der Waals surface area contributed by atoms with Gasteiger partial charge in [-0.3, -0.25) is 43.3 Å². The van der Waals surface area contributed by atoms with E-state index in [0.29, 0.717) is 22.0 Å². The van der Waals surface area contributed by atoms with Crippen LogP contribution >= 0.6 is 0 Å². The number of para-hydroxylation sites is 2. The van der Waals surface area contributed by atoms with Crippen LogP contribution in [0.5, 0.6) is 0 Å². The number of carboxylic acids is 3. The zero-order valence-electron chi connectivity index (χ0n) is 38.2. The molecule has 7 atom stereocenters. The number of aliphatic imine (C=N–C) groups is 1. The van der Waals surface area contributed by atoms with Gasteiger partial charge >= 0.3 is 17.9 Å². The first-order chi connectivity index (χ1) is 32.6. The second-order valence-corrected chi connectivity index (χ2v) is 16.9. The van der Waals surface area contributed by atoms with Crippen LogP contribution in [-0.4, -0.2) is 133 Å². The Kier molecular flexibility index (Phi) is 19.6. The van der Waals surface area contributed by atoms with E-state index in [0.717, 1.165) is 10.9 Å². The first-order valence-electron chi connectivity index (χ1n) is 22.0. The molecule has 0 bridgehead atoms. The quantitative estimate of drug-likeness (QED) is 0.0190. The second-order valence-electron chi connectivity index (χ2n) is 16.9. The summed E-state index contributed by atoms with van der Waals surface area (Å²) in [5.41, 5.74) is 19.5. The zero-order valence-corrected chi connectivity index (χ0v) is 38.2. The number of carboxylic acid groups (broad SMARTS) is 3. The van der Waals surface area contributed by atoms with Crippen molar-refractivity contribution < 1.29 is 58.5 Å². The van der Waals surface area contributed by atoms with E-state index in [2.05, 4.69) is 46.9 Å². The average Bonchev–Trinajstić information content (AvgIpc) is 3.89. The third kappa shape index (κ3) is 16.4. The van der Waals surface area contributed by atoms with E-state index in [-0.39, 0.29) is 50.5 Å². The van der Waals surface area contributed by atoms with Crippen molar-refractivity contribution in [1.82, 2.24) is 41.9 Å². The Bertz CT molecular complexity index is 2530. The van der Waals surface area contributed by atoms with Crippen molar-refractivity contribution >= 4 is 81.1 Å². The minimum absolute atomic E-state index is 0.0148. The number of hydrogen-bond donors (Lipinski definition) is 14. The number of guanidine groups is 1. The van der Waals surface area contributed by atoms with Crippen LogP contribution in [0.1, 0.15) is 64.0 Å². The Balaban J connectivity index is 1.51. The molecule has 372 valence electrons. The number of aromatic amines is 2. The Hall–Kier alpha value is -8.02. The molecular formula is C45H60N12O12. The molecule has 2 aromatic carbocycles. The van der Waals surface area contributed by atoms with Crippen molar-refractivity contribution in [1.29, 1.82) is 0 Å². The van der Waals surface area contributed by atoms with Crippen molar-refractivity contribution in [2.24, 2.45) is 28.1 Å². The molecule has 0 fully saturated rings. The van der Waals surface area contributed by atoms with Crippen LogP contribution in [-0.2, 0) is 56.0 Å². The first-order valence-corrected chi connectivity index (χ1v) is 22.0. The van der Waals surface area contributed by atoms with Crippen LogP contribution in [0.2, 0.25) is 0 Å². The number of nitrogens with zero attached hydrogens (tertiary/aromatic N) is 1. The summed E-state index contributed by atoms with van der Waals surface area (Å²) in [6.45, 7) is 4.83. The van der Waals surface area contributed by atoms with Crippen LogP contribution in [0.15, 0.2) is 65.9 Å². The summed E-state index contributed by atoms with van der Waals surface area (Å²) in [6, 6.07) is 3.66. The number of hydrogen-bond acceptors (Lipinski definition) is 11. The Morgan fingerprint density at radius 3 is 1.55 bits per heavy atom. The van der Waals surface area contributed by atoms with Gasteiger partial charge in [0.05, 0.1) is 18.9 Å². The predicted octanol–water partition coefficient (Wildman–Crippen LogP) is -1.18. The molecule has 4 aromatic rings. The fourth-order valence-corrected chi connectivity index (χ4v) is 7.36. The van der Waals surface area contributed by atoms with E-state index >= 15 is 0 Å². The van der Waals surface area contributed by atoms with Crippen LogP contribution in [0.25, 0.3) is 21.8 Å². The number of amides is 6. The van der Waals surface area contributed by atoms with Crippen LogP contribution in [0.3, 0.4) is 0 Å². The van der Waals surface area contributed by atoms with Crippen molar-refractivity contribution in [3.8, 4) is 0 Å². The molecule has 24 nitrogen and oxygen atoms in total. The van der Waals surface area contributed by atoms with Gasteiger partial charge < -0.3 is 74.4 Å². The van der Waals surface area contributed by atoms with Gasteiger partial charge in [-0.1, -0.05) is 50.2 Å². The summed E-state index contributed by atoms with van der Waals surface area (Å²) >= 11 is 0. The highest BCUT2D eigenvalue weighted by Gasteiger charge is 2.35. The van der Waals surface area contributed by atoms with Gasteiger partial charge in [-0.25, -0.2) is 4.79 Å². The summed E-state index contributed by atoms with van der Waals surface area (Å²) in [5, 5.41) is 45.1. The molecule has 24 heteroatoms. The fraction of sp³-hybridized carbons (Fsp3) is 0.422. The number of carbonyl (C=O) groups excluding carboxylic acids is 6. The number of aliphatic carboxylic acids is 3. The lowest BCUT2D eigenvalue weighted by Gasteiger charge is -2.26. The monoisotopic (exact) mass is 960 g/mol. The van der Waals surface area contributed by atoms with Gasteiger partial charge in [0, 0.05) is 47.2 Å². The summed E-state index contributed by atoms with van der Waals surface area (Å²) < 4.78 is 0. The Morgan fingerprint density at radius 2 is 1.03 bits per heavy atom. The highest BCUT2D eigenvalue weighted by atomic mass is 16.4. The smallest absolute Gasteiger partial charge is 0.326 e. The zero-order chi connectivity index (χ0) is 50.9. The number of benzene rings is 2. The molecular weight excluding hydrogens is 901 g/mol. The van der Waals surface area contributed by atoms with E-state index in [4.69, 9.17) is 17.2 Å². The first kappa shape index (κ1) is 53.6. The van der Waals surface area contributed by atoms with Gasteiger partial charge in [0.1, 0.15) is 36.3 Å². The molecule has 4 rings (SSSR count). The molecule has 6 amide bonds. The number of carbonyl (C=O) groups is 9. The minimum Gasteiger partial charge on any atom is -0.481 e. The highest BCUT2D eigenvalue weighted by molar-refractivity contribution is 5.99. The molecule has 0 spiro atoms. The van der Waals surface area contributed by atoms with Gasteiger partial charge in [0.15, 0.2) is 5.96 Å². The lowest BCUT2D eigenvalue weighted by atomic mass is 10.0. The SMILES string of the molecule is CC(C)C[C@H](NC(=O)[C@H](C)NC(=O)[C@H](CC(=O)O)NC(=O)[C@H](Cc1c[nH]c2ccccc12)NC(=O)[C@H](CC(=O)O)NC(=O)[C@@H](N)Cc1c[nH]c2ccccc12)C(=O)N[C@@H](CCCN=C(N)N)C(=O)O. The molecule has 69 heavy (non-hydrogen) atoms. The van der Waals surface area contributed by atoms with E-state index in [1.165, 1.54) is 6.92 Å². The maximum Gasteiger partial charge on any atom is 0.326 e. The molecule has 0 saturated heterocycles. The lowest BCUT2D eigenvalue weighted by molar-refractivity contribution is -0.142. The fourth-order valence-electron chi connectivity index (χ4n) is 7.36. The number of nitrogens with one attached hydrogen (secondary N) is 8. The van der Waals surface area contributed by atoms with Gasteiger partial charge in [0.2, 0.25) is 35.4 Å². The highest BCUT2D eigenvalue weighted by Crippen LogP contribution is 2.21. The van der Waals surface area contributed by atoms with Crippen LogP contribution in [0.4, 0.5) is 0 Å². The molecule has 0 saturated carbocycles. The normalized spacial score (nSPS) is 14.2. The second kappa shape index (κ2) is 25.2. The molecule has 0 aliphatic heterocycles. The van der Waals surface area contributed by atoms with Crippen molar-refractivity contribution in [2.75, 3.05) is 6.54 Å². The number of H-pyrrole nitrogens is 2. The maximum atomic E-state index is 14.2. The summed E-state index contributed by atoms with van der Waals surface area (Å²) in [7, 11) is 0. The lowest BCUT2D eigenvalue weighted by Crippen LogP contribution is -2.60. The molecule has 0 radical (unpaired) electrons. The molecule has 0 aliphatic rings. The Morgan fingerprint density at radius 1 is 0.580 bits per heavy atom. The molecule has 0 aliphatic carbocycles. The average molecular weight is 961 g/mol. The van der Waals surface area contributed by atoms with Gasteiger partial charge in [-0.15, -0.1) is 0 Å². The third-order valence-corrected chi connectivity index (χ3v) is 10.9. The topological polar surface area (TPSA) is 408 Å². The molecule has 17 N–H and O–H groups in total. The number of nitrogens with two attached hydrogens (primary N) is 3. The number of aromatic nitrogens is 2. The van der Waals surface area contributed by atoms with Crippen molar-refractivity contribution in [3.63, 3.8) is 0 Å². The van der Waals surface area contributed by atoms with Gasteiger partial charge in [0.25, 0.3) is 0 Å². The minimum atomic E-state index is -1.87. The summed E-state index contributed by atoms with van der Waals surface area (Å²) in [5.74, 6) is -10.7.